The molecule has 0 radical (unpaired) electrons. The Morgan fingerprint density at radius 1 is 0.946 bits per heavy atom. The summed E-state index contributed by atoms with van der Waals surface area (Å²) in [6.07, 6.45) is 2.00. The SMILES string of the molecule is COc1ccc(C(CNC(=O)c2cc(-c3cc(OC)ccc3OC)on2)c2c[nH]c3ccccc23)cc1. The Labute approximate surface area is 214 Å². The highest BCUT2D eigenvalue weighted by Crippen LogP contribution is 2.34. The van der Waals surface area contributed by atoms with E-state index in [4.69, 9.17) is 18.7 Å². The van der Waals surface area contributed by atoms with Gasteiger partial charge in [0.25, 0.3) is 5.91 Å². The first-order valence-electron chi connectivity index (χ1n) is 11.8. The smallest absolute Gasteiger partial charge is 0.273 e. The normalized spacial score (nSPS) is 11.8. The van der Waals surface area contributed by atoms with E-state index in [1.165, 1.54) is 0 Å². The van der Waals surface area contributed by atoms with Crippen LogP contribution >= 0.6 is 0 Å². The summed E-state index contributed by atoms with van der Waals surface area (Å²) >= 11 is 0. The number of methoxy groups -OCH3 is 3. The predicted octanol–water partition coefficient (Wildman–Crippen LogP) is 5.41. The summed E-state index contributed by atoms with van der Waals surface area (Å²) in [5.41, 5.74) is 3.99. The second kappa shape index (κ2) is 10.5. The van der Waals surface area contributed by atoms with Gasteiger partial charge in [0.05, 0.1) is 26.9 Å². The third-order valence-corrected chi connectivity index (χ3v) is 6.40. The van der Waals surface area contributed by atoms with Gasteiger partial charge in [-0.2, -0.15) is 0 Å². The van der Waals surface area contributed by atoms with Crippen LogP contribution in [0.25, 0.3) is 22.2 Å². The molecule has 0 saturated carbocycles. The fourth-order valence-electron chi connectivity index (χ4n) is 4.43. The van der Waals surface area contributed by atoms with Gasteiger partial charge in [-0.1, -0.05) is 35.5 Å². The zero-order chi connectivity index (χ0) is 25.8. The molecule has 5 rings (SSSR count). The lowest BCUT2D eigenvalue weighted by molar-refractivity contribution is 0.0943. The number of carbonyl (C=O) groups excluding carboxylic acids is 1. The van der Waals surface area contributed by atoms with Crippen LogP contribution in [0.4, 0.5) is 0 Å². The topological polar surface area (TPSA) is 98.6 Å². The predicted molar refractivity (Wildman–Crippen MR) is 141 cm³/mol. The van der Waals surface area contributed by atoms with Gasteiger partial charge < -0.3 is 29.0 Å². The summed E-state index contributed by atoms with van der Waals surface area (Å²) in [7, 11) is 4.79. The van der Waals surface area contributed by atoms with Crippen molar-refractivity contribution in [1.29, 1.82) is 0 Å². The first-order chi connectivity index (χ1) is 18.1. The molecule has 0 saturated heterocycles. The number of nitrogens with zero attached hydrogens (tertiary/aromatic N) is 1. The minimum atomic E-state index is -0.338. The van der Waals surface area contributed by atoms with E-state index < -0.39 is 0 Å². The van der Waals surface area contributed by atoms with E-state index in [0.717, 1.165) is 27.8 Å². The summed E-state index contributed by atoms with van der Waals surface area (Å²) < 4.78 is 21.6. The molecule has 8 heteroatoms. The molecule has 2 N–H and O–H groups in total. The van der Waals surface area contributed by atoms with Gasteiger partial charge in [-0.05, 0) is 47.5 Å². The molecule has 0 aliphatic rings. The monoisotopic (exact) mass is 497 g/mol. The minimum absolute atomic E-state index is 0.101. The van der Waals surface area contributed by atoms with E-state index in [0.29, 0.717) is 29.4 Å². The number of H-pyrrole nitrogens is 1. The van der Waals surface area contributed by atoms with Crippen molar-refractivity contribution in [3.8, 4) is 28.6 Å². The van der Waals surface area contributed by atoms with Crippen LogP contribution in [0.5, 0.6) is 17.2 Å². The first-order valence-corrected chi connectivity index (χ1v) is 11.8. The van der Waals surface area contributed by atoms with Gasteiger partial charge in [-0.15, -0.1) is 0 Å². The molecule has 0 spiro atoms. The highest BCUT2D eigenvalue weighted by molar-refractivity contribution is 5.93. The van der Waals surface area contributed by atoms with Crippen molar-refractivity contribution < 1.29 is 23.5 Å². The number of ether oxygens (including phenoxy) is 3. The van der Waals surface area contributed by atoms with Crippen LogP contribution in [0.1, 0.15) is 27.5 Å². The number of fused-ring (bicyclic) bond motifs is 1. The summed E-state index contributed by atoms with van der Waals surface area (Å²) in [6.45, 7) is 0.359. The second-order valence-electron chi connectivity index (χ2n) is 8.47. The van der Waals surface area contributed by atoms with Crippen molar-refractivity contribution in [2.24, 2.45) is 0 Å². The molecule has 3 aromatic carbocycles. The zero-order valence-corrected chi connectivity index (χ0v) is 20.8. The number of amides is 1. The lowest BCUT2D eigenvalue weighted by atomic mass is 9.90. The Morgan fingerprint density at radius 3 is 2.46 bits per heavy atom. The van der Waals surface area contributed by atoms with Crippen LogP contribution in [0.3, 0.4) is 0 Å². The van der Waals surface area contributed by atoms with Gasteiger partial charge in [-0.25, -0.2) is 0 Å². The van der Waals surface area contributed by atoms with Gasteiger partial charge in [0.15, 0.2) is 11.5 Å². The van der Waals surface area contributed by atoms with Gasteiger partial charge in [-0.3, -0.25) is 4.79 Å². The van der Waals surface area contributed by atoms with E-state index in [-0.39, 0.29) is 17.5 Å². The molecule has 1 unspecified atom stereocenters. The number of rotatable bonds is 9. The minimum Gasteiger partial charge on any atom is -0.497 e. The van der Waals surface area contributed by atoms with E-state index in [1.807, 2.05) is 48.7 Å². The maximum atomic E-state index is 13.1. The summed E-state index contributed by atoms with van der Waals surface area (Å²) in [6, 6.07) is 22.9. The van der Waals surface area contributed by atoms with Crippen molar-refractivity contribution >= 4 is 16.8 Å². The Balaban J connectivity index is 1.40. The number of benzene rings is 3. The average molecular weight is 498 g/mol. The Kier molecular flexibility index (Phi) is 6.81. The number of nitrogens with one attached hydrogen (secondary N) is 2. The molecule has 0 fully saturated rings. The quantitative estimate of drug-likeness (QED) is 0.283. The van der Waals surface area contributed by atoms with E-state index in [1.54, 1.807) is 45.6 Å². The fraction of sp³-hybridized carbons (Fsp3) is 0.172. The highest BCUT2D eigenvalue weighted by Gasteiger charge is 2.22. The third-order valence-electron chi connectivity index (χ3n) is 6.40. The van der Waals surface area contributed by atoms with Crippen LogP contribution in [-0.4, -0.2) is 43.9 Å². The van der Waals surface area contributed by atoms with Crippen LogP contribution in [-0.2, 0) is 0 Å². The molecule has 1 atom stereocenters. The van der Waals surface area contributed by atoms with Crippen LogP contribution in [0.2, 0.25) is 0 Å². The molecule has 188 valence electrons. The molecular weight excluding hydrogens is 470 g/mol. The van der Waals surface area contributed by atoms with Gasteiger partial charge in [0.2, 0.25) is 0 Å². The lowest BCUT2D eigenvalue weighted by Crippen LogP contribution is -2.29. The summed E-state index contributed by atoms with van der Waals surface area (Å²) in [5, 5.41) is 8.14. The first kappa shape index (κ1) is 24.0. The standard InChI is InChI=1S/C29H27N3O5/c1-34-19-10-8-18(9-11-19)23(24-17-30-25-7-5-4-6-21(24)25)16-31-29(33)26-15-28(37-32-26)22-14-20(35-2)12-13-27(22)36-3/h4-15,17,23,30H,16H2,1-3H3,(H,31,33). The van der Waals surface area contributed by atoms with Gasteiger partial charge in [0.1, 0.15) is 17.2 Å². The molecule has 0 aliphatic carbocycles. The van der Waals surface area contributed by atoms with Crippen molar-refractivity contribution in [2.75, 3.05) is 27.9 Å². The Bertz CT molecular complexity index is 1520. The number of aromatic nitrogens is 2. The zero-order valence-electron chi connectivity index (χ0n) is 20.8. The van der Waals surface area contributed by atoms with E-state index in [9.17, 15) is 4.79 Å². The fourth-order valence-corrected chi connectivity index (χ4v) is 4.43. The van der Waals surface area contributed by atoms with E-state index in [2.05, 4.69) is 21.5 Å². The maximum absolute atomic E-state index is 13.1. The van der Waals surface area contributed by atoms with Crippen LogP contribution in [0, 0.1) is 0 Å². The highest BCUT2D eigenvalue weighted by atomic mass is 16.5. The number of hydrogen-bond donors (Lipinski definition) is 2. The summed E-state index contributed by atoms with van der Waals surface area (Å²) in [5.74, 6) is 1.96. The third kappa shape index (κ3) is 4.86. The molecule has 2 heterocycles. The Hall–Kier alpha value is -4.72. The van der Waals surface area contributed by atoms with Gasteiger partial charge in [0, 0.05) is 35.6 Å². The molecule has 1 amide bonds. The summed E-state index contributed by atoms with van der Waals surface area (Å²) in [4.78, 5) is 16.5. The largest absolute Gasteiger partial charge is 0.497 e. The number of carbonyl (C=O) groups is 1. The second-order valence-corrected chi connectivity index (χ2v) is 8.47. The lowest BCUT2D eigenvalue weighted by Gasteiger charge is -2.18. The van der Waals surface area contributed by atoms with Crippen LogP contribution < -0.4 is 19.5 Å². The number of aromatic amines is 1. The molecule has 37 heavy (non-hydrogen) atoms. The Morgan fingerprint density at radius 2 is 1.70 bits per heavy atom. The number of para-hydroxylation sites is 1. The maximum Gasteiger partial charge on any atom is 0.273 e. The van der Waals surface area contributed by atoms with E-state index >= 15 is 0 Å². The van der Waals surface area contributed by atoms with Gasteiger partial charge >= 0.3 is 0 Å². The molecule has 0 aliphatic heterocycles. The number of hydrogen-bond acceptors (Lipinski definition) is 6. The molecule has 0 bridgehead atoms. The molecule has 2 aromatic heterocycles. The van der Waals surface area contributed by atoms with Crippen molar-refractivity contribution in [3.05, 3.63) is 95.8 Å². The van der Waals surface area contributed by atoms with Crippen molar-refractivity contribution in [1.82, 2.24) is 15.5 Å². The van der Waals surface area contributed by atoms with Crippen LogP contribution in [0.15, 0.2) is 83.5 Å². The molecule has 5 aromatic rings. The molecule has 8 nitrogen and oxygen atoms in total. The van der Waals surface area contributed by atoms with Crippen molar-refractivity contribution in [2.45, 2.75) is 5.92 Å². The van der Waals surface area contributed by atoms with Crippen molar-refractivity contribution in [3.63, 3.8) is 0 Å². The average Bonchev–Trinajstić information content (AvgIpc) is 3.61. The molecular formula is C29H27N3O5.